The predicted octanol–water partition coefficient (Wildman–Crippen LogP) is 5.19. The Balaban J connectivity index is 1.88. The fourth-order valence-corrected chi connectivity index (χ4v) is 3.31. The van der Waals surface area contributed by atoms with Crippen molar-refractivity contribution in [3.05, 3.63) is 111 Å². The Labute approximate surface area is 160 Å². The lowest BCUT2D eigenvalue weighted by Gasteiger charge is -2.04. The molecule has 0 amide bonds. The standard InChI is InChI=1S/C22H17BrN2O/c23-18-13-11-17(12-14-18)21-20(15-16-7-3-1-4-8-16)22(26)25(24-21)19-9-5-2-6-10-19/h1-14,24H,15H2. The molecule has 0 bridgehead atoms. The molecule has 0 atom stereocenters. The molecule has 0 saturated heterocycles. The van der Waals surface area contributed by atoms with Crippen molar-refractivity contribution >= 4 is 15.9 Å². The number of nitrogens with zero attached hydrogens (tertiary/aromatic N) is 1. The lowest BCUT2D eigenvalue weighted by Crippen LogP contribution is -2.17. The van der Waals surface area contributed by atoms with Crippen LogP contribution in [0.5, 0.6) is 0 Å². The first-order valence-electron chi connectivity index (χ1n) is 8.41. The summed E-state index contributed by atoms with van der Waals surface area (Å²) in [6.07, 6.45) is 0.585. The van der Waals surface area contributed by atoms with E-state index in [9.17, 15) is 4.79 Å². The molecule has 1 heterocycles. The van der Waals surface area contributed by atoms with E-state index in [4.69, 9.17) is 0 Å². The summed E-state index contributed by atoms with van der Waals surface area (Å²) >= 11 is 3.47. The Morgan fingerprint density at radius 3 is 2.08 bits per heavy atom. The number of benzene rings is 3. The van der Waals surface area contributed by atoms with Crippen molar-refractivity contribution in [2.75, 3.05) is 0 Å². The minimum atomic E-state index is -0.0158. The smallest absolute Gasteiger partial charge is 0.275 e. The first-order chi connectivity index (χ1) is 12.7. The van der Waals surface area contributed by atoms with Gasteiger partial charge in [0.2, 0.25) is 0 Å². The molecule has 0 fully saturated rings. The van der Waals surface area contributed by atoms with Gasteiger partial charge >= 0.3 is 0 Å². The second kappa shape index (κ2) is 7.18. The number of aromatic nitrogens is 2. The maximum Gasteiger partial charge on any atom is 0.275 e. The van der Waals surface area contributed by atoms with Crippen LogP contribution >= 0.6 is 15.9 Å². The van der Waals surface area contributed by atoms with E-state index in [2.05, 4.69) is 21.0 Å². The van der Waals surface area contributed by atoms with Gasteiger partial charge in [-0.05, 0) is 35.4 Å². The van der Waals surface area contributed by atoms with Gasteiger partial charge < -0.3 is 0 Å². The molecule has 0 spiro atoms. The molecule has 1 N–H and O–H groups in total. The van der Waals surface area contributed by atoms with Gasteiger partial charge in [0.1, 0.15) is 0 Å². The van der Waals surface area contributed by atoms with Crippen molar-refractivity contribution in [1.29, 1.82) is 0 Å². The summed E-state index contributed by atoms with van der Waals surface area (Å²) in [5, 5.41) is 3.31. The van der Waals surface area contributed by atoms with Gasteiger partial charge in [0, 0.05) is 16.5 Å². The van der Waals surface area contributed by atoms with Crippen LogP contribution in [0.2, 0.25) is 0 Å². The van der Waals surface area contributed by atoms with E-state index in [1.165, 1.54) is 0 Å². The van der Waals surface area contributed by atoms with Crippen LogP contribution in [0.3, 0.4) is 0 Å². The number of nitrogens with one attached hydrogen (secondary N) is 1. The second-order valence-electron chi connectivity index (χ2n) is 6.11. The van der Waals surface area contributed by atoms with Gasteiger partial charge in [0.25, 0.3) is 5.56 Å². The summed E-state index contributed by atoms with van der Waals surface area (Å²) < 4.78 is 2.63. The van der Waals surface area contributed by atoms with Crippen molar-refractivity contribution in [2.45, 2.75) is 6.42 Å². The van der Waals surface area contributed by atoms with Gasteiger partial charge in [-0.3, -0.25) is 9.89 Å². The van der Waals surface area contributed by atoms with E-state index < -0.39 is 0 Å². The van der Waals surface area contributed by atoms with Gasteiger partial charge in [0.05, 0.1) is 11.4 Å². The summed E-state index contributed by atoms with van der Waals surface area (Å²) in [7, 11) is 0. The maximum atomic E-state index is 13.2. The highest BCUT2D eigenvalue weighted by Gasteiger charge is 2.17. The summed E-state index contributed by atoms with van der Waals surface area (Å²) in [5.41, 5.74) is 4.54. The van der Waals surface area contributed by atoms with Gasteiger partial charge in [0.15, 0.2) is 0 Å². The average molecular weight is 405 g/mol. The Morgan fingerprint density at radius 1 is 0.808 bits per heavy atom. The Hall–Kier alpha value is -2.85. The zero-order valence-electron chi connectivity index (χ0n) is 14.0. The molecular weight excluding hydrogens is 388 g/mol. The van der Waals surface area contributed by atoms with Crippen LogP contribution in [0.25, 0.3) is 16.9 Å². The molecule has 4 aromatic rings. The third kappa shape index (κ3) is 3.28. The van der Waals surface area contributed by atoms with E-state index in [1.54, 1.807) is 4.68 Å². The van der Waals surface area contributed by atoms with Crippen LogP contribution in [0.1, 0.15) is 11.1 Å². The van der Waals surface area contributed by atoms with Crippen molar-refractivity contribution in [2.24, 2.45) is 0 Å². The number of aromatic amines is 1. The van der Waals surface area contributed by atoms with Crippen molar-refractivity contribution in [3.8, 4) is 16.9 Å². The zero-order valence-corrected chi connectivity index (χ0v) is 15.6. The van der Waals surface area contributed by atoms with Crippen molar-refractivity contribution in [1.82, 2.24) is 9.78 Å². The fraction of sp³-hybridized carbons (Fsp3) is 0.0455. The van der Waals surface area contributed by atoms with Crippen molar-refractivity contribution in [3.63, 3.8) is 0 Å². The molecule has 0 radical (unpaired) electrons. The lowest BCUT2D eigenvalue weighted by molar-refractivity contribution is 0.849. The Morgan fingerprint density at radius 2 is 1.42 bits per heavy atom. The van der Waals surface area contributed by atoms with E-state index in [0.717, 1.165) is 32.5 Å². The lowest BCUT2D eigenvalue weighted by atomic mass is 10.0. The summed E-state index contributed by atoms with van der Waals surface area (Å²) in [4.78, 5) is 13.2. The molecule has 0 unspecified atom stereocenters. The van der Waals surface area contributed by atoms with Gasteiger partial charge in [-0.1, -0.05) is 76.6 Å². The second-order valence-corrected chi connectivity index (χ2v) is 7.03. The normalized spacial score (nSPS) is 10.8. The van der Waals surface area contributed by atoms with E-state index in [1.807, 2.05) is 84.9 Å². The number of para-hydroxylation sites is 1. The third-order valence-corrected chi connectivity index (χ3v) is 4.89. The van der Waals surface area contributed by atoms with Crippen LogP contribution < -0.4 is 5.56 Å². The molecule has 26 heavy (non-hydrogen) atoms. The number of hydrogen-bond donors (Lipinski definition) is 1. The highest BCUT2D eigenvalue weighted by atomic mass is 79.9. The maximum absolute atomic E-state index is 13.2. The molecule has 4 rings (SSSR count). The monoisotopic (exact) mass is 404 g/mol. The van der Waals surface area contributed by atoms with Gasteiger partial charge in [-0.2, -0.15) is 0 Å². The first-order valence-corrected chi connectivity index (χ1v) is 9.21. The zero-order chi connectivity index (χ0) is 17.9. The Bertz CT molecular complexity index is 1060. The minimum absolute atomic E-state index is 0.0158. The molecule has 128 valence electrons. The summed E-state index contributed by atoms with van der Waals surface area (Å²) in [6.45, 7) is 0. The van der Waals surface area contributed by atoms with Crippen LogP contribution in [0, 0.1) is 0 Å². The average Bonchev–Trinajstić information content (AvgIpc) is 3.00. The summed E-state index contributed by atoms with van der Waals surface area (Å²) in [6, 6.07) is 27.7. The molecule has 4 heteroatoms. The molecule has 3 nitrogen and oxygen atoms in total. The third-order valence-electron chi connectivity index (χ3n) is 4.36. The first kappa shape index (κ1) is 16.6. The van der Waals surface area contributed by atoms with Crippen LogP contribution in [-0.2, 0) is 6.42 Å². The fourth-order valence-electron chi connectivity index (χ4n) is 3.05. The topological polar surface area (TPSA) is 37.8 Å². The number of halogens is 1. The molecule has 0 aliphatic carbocycles. The Kier molecular flexibility index (Phi) is 4.59. The largest absolute Gasteiger partial charge is 0.290 e. The van der Waals surface area contributed by atoms with E-state index in [0.29, 0.717) is 6.42 Å². The SMILES string of the molecule is O=c1c(Cc2ccccc2)c(-c2ccc(Br)cc2)[nH]n1-c1ccccc1. The number of H-pyrrole nitrogens is 1. The van der Waals surface area contributed by atoms with E-state index in [-0.39, 0.29) is 5.56 Å². The quantitative estimate of drug-likeness (QED) is 0.499. The predicted molar refractivity (Wildman–Crippen MR) is 109 cm³/mol. The summed E-state index contributed by atoms with van der Waals surface area (Å²) in [5.74, 6) is 0. The van der Waals surface area contributed by atoms with Gasteiger partial charge in [-0.25, -0.2) is 4.68 Å². The molecule has 3 aromatic carbocycles. The van der Waals surface area contributed by atoms with Crippen LogP contribution in [-0.4, -0.2) is 9.78 Å². The molecular formula is C22H17BrN2O. The van der Waals surface area contributed by atoms with E-state index >= 15 is 0 Å². The van der Waals surface area contributed by atoms with Gasteiger partial charge in [-0.15, -0.1) is 0 Å². The highest BCUT2D eigenvalue weighted by molar-refractivity contribution is 9.10. The minimum Gasteiger partial charge on any atom is -0.290 e. The molecule has 0 aliphatic rings. The number of hydrogen-bond acceptors (Lipinski definition) is 1. The number of rotatable bonds is 4. The molecule has 0 saturated carbocycles. The van der Waals surface area contributed by atoms with Crippen molar-refractivity contribution < 1.29 is 0 Å². The molecule has 1 aromatic heterocycles. The van der Waals surface area contributed by atoms with Crippen LogP contribution in [0.4, 0.5) is 0 Å². The molecule has 0 aliphatic heterocycles. The van der Waals surface area contributed by atoms with Crippen LogP contribution in [0.15, 0.2) is 94.2 Å². The highest BCUT2D eigenvalue weighted by Crippen LogP contribution is 2.24.